The van der Waals surface area contributed by atoms with Crippen molar-refractivity contribution in [3.05, 3.63) is 78.1 Å². The summed E-state index contributed by atoms with van der Waals surface area (Å²) in [6.07, 6.45) is 1.05. The van der Waals surface area contributed by atoms with Crippen LogP contribution in [0.4, 0.5) is 10.1 Å². The number of halogens is 1. The molecule has 12 nitrogen and oxygen atoms in total. The van der Waals surface area contributed by atoms with E-state index in [2.05, 4.69) is 4.72 Å². The Kier molecular flexibility index (Phi) is 13.2. The fourth-order valence-electron chi connectivity index (χ4n) is 5.56. The van der Waals surface area contributed by atoms with Gasteiger partial charge >= 0.3 is 0 Å². The lowest BCUT2D eigenvalue weighted by molar-refractivity contribution is -0.00834. The Balaban J connectivity index is 1.67. The smallest absolute Gasteiger partial charge is 0.261 e. The summed E-state index contributed by atoms with van der Waals surface area (Å²) < 4.78 is 88.0. The first kappa shape index (κ1) is 39.0. The van der Waals surface area contributed by atoms with Gasteiger partial charge in [0.1, 0.15) is 17.3 Å². The third kappa shape index (κ3) is 9.72. The molecular formula is C35H46FN3O9S2. The van der Waals surface area contributed by atoms with E-state index < -0.39 is 49.8 Å². The number of amides is 1. The average molecular weight is 736 g/mol. The minimum atomic E-state index is -4.04. The molecule has 0 spiro atoms. The largest absolute Gasteiger partial charge is 0.497 e. The van der Waals surface area contributed by atoms with Crippen LogP contribution in [-0.4, -0.2) is 95.8 Å². The van der Waals surface area contributed by atoms with Crippen LogP contribution in [0.2, 0.25) is 0 Å². The van der Waals surface area contributed by atoms with Crippen molar-refractivity contribution < 1.29 is 45.3 Å². The Morgan fingerprint density at radius 1 is 1.02 bits per heavy atom. The molecule has 4 atom stereocenters. The number of sulfonamides is 2. The first-order valence-electron chi connectivity index (χ1n) is 16.4. The van der Waals surface area contributed by atoms with E-state index in [-0.39, 0.29) is 52.6 Å². The van der Waals surface area contributed by atoms with Crippen LogP contribution in [0.3, 0.4) is 0 Å². The molecule has 1 aliphatic heterocycles. The van der Waals surface area contributed by atoms with E-state index in [1.807, 2.05) is 13.8 Å². The molecule has 0 aromatic heterocycles. The highest BCUT2D eigenvalue weighted by molar-refractivity contribution is 7.92. The van der Waals surface area contributed by atoms with Gasteiger partial charge in [-0.15, -0.1) is 0 Å². The van der Waals surface area contributed by atoms with Crippen LogP contribution >= 0.6 is 0 Å². The van der Waals surface area contributed by atoms with E-state index in [9.17, 15) is 31.1 Å². The summed E-state index contributed by atoms with van der Waals surface area (Å²) in [4.78, 5) is 15.8. The van der Waals surface area contributed by atoms with Gasteiger partial charge in [-0.05, 0) is 99.8 Å². The van der Waals surface area contributed by atoms with Crippen LogP contribution < -0.4 is 14.2 Å². The predicted octanol–water partition coefficient (Wildman–Crippen LogP) is 4.75. The third-order valence-electron chi connectivity index (χ3n) is 8.63. The quantitative estimate of drug-likeness (QED) is 0.301. The second-order valence-corrected chi connectivity index (χ2v) is 16.3. The molecule has 1 heterocycles. The molecular weight excluding hydrogens is 690 g/mol. The fourth-order valence-corrected chi connectivity index (χ4v) is 7.79. The monoisotopic (exact) mass is 735 g/mol. The van der Waals surface area contributed by atoms with E-state index in [4.69, 9.17) is 14.2 Å². The van der Waals surface area contributed by atoms with E-state index in [1.165, 1.54) is 67.6 Å². The first-order chi connectivity index (χ1) is 23.7. The summed E-state index contributed by atoms with van der Waals surface area (Å²) in [5.41, 5.74) is 0.216. The number of carbonyl (C=O) groups is 1. The average Bonchev–Trinajstić information content (AvgIpc) is 3.09. The molecule has 3 aromatic rings. The molecule has 3 aromatic carbocycles. The van der Waals surface area contributed by atoms with Crippen molar-refractivity contribution in [1.29, 1.82) is 0 Å². The molecule has 1 aliphatic rings. The number of carbonyl (C=O) groups excluding carboxylic acids is 1. The van der Waals surface area contributed by atoms with Crippen LogP contribution in [0.1, 0.15) is 50.4 Å². The highest BCUT2D eigenvalue weighted by atomic mass is 32.2. The SMILES string of the molecule is COc1ccc(S(=O)(=O)Nc2ccc3c(c2)C(=O)N([C@@H](C)CO)C[C@H](C)[C@@H](CN(C)S(=O)(=O)c2ccc(F)cc2)OCCCC[C@@H](C)O3)cc1. The number of aliphatic hydroxyl groups excluding tert-OH is 1. The van der Waals surface area contributed by atoms with Gasteiger partial charge in [-0.1, -0.05) is 6.92 Å². The zero-order valence-electron chi connectivity index (χ0n) is 28.9. The van der Waals surface area contributed by atoms with Gasteiger partial charge in [0.15, 0.2) is 0 Å². The minimum absolute atomic E-state index is 0.00334. The maximum Gasteiger partial charge on any atom is 0.261 e. The number of fused-ring (bicyclic) bond motifs is 1. The van der Waals surface area contributed by atoms with Crippen molar-refractivity contribution in [2.45, 2.75) is 68.1 Å². The third-order valence-corrected chi connectivity index (χ3v) is 11.9. The standard InChI is InChI=1S/C35H46FN3O9S2/c1-24-21-39(25(2)23-40)35(41)32-20-28(37-49(42,43)30-16-12-29(46-5)13-17-30)11-18-33(32)48-26(3)8-6-7-19-47-34(24)22-38(4)50(44,45)31-14-9-27(36)10-15-31/h9-18,20,24-26,34,37,40H,6-8,19,21-23H2,1-5H3/t24-,25-,26+,34+/m0/s1. The number of anilines is 1. The molecule has 274 valence electrons. The Bertz CT molecular complexity index is 1810. The number of rotatable bonds is 10. The van der Waals surface area contributed by atoms with Crippen molar-refractivity contribution >= 4 is 31.6 Å². The highest BCUT2D eigenvalue weighted by Gasteiger charge is 2.32. The molecule has 2 N–H and O–H groups in total. The fraction of sp³-hybridized carbons (Fsp3) is 0.457. The van der Waals surface area contributed by atoms with Gasteiger partial charge < -0.3 is 24.2 Å². The van der Waals surface area contributed by atoms with Crippen LogP contribution in [0.25, 0.3) is 0 Å². The Labute approximate surface area is 294 Å². The van der Waals surface area contributed by atoms with Gasteiger partial charge in [0.05, 0.1) is 47.3 Å². The van der Waals surface area contributed by atoms with E-state index in [0.29, 0.717) is 25.2 Å². The van der Waals surface area contributed by atoms with Crippen molar-refractivity contribution in [2.75, 3.05) is 45.2 Å². The van der Waals surface area contributed by atoms with E-state index in [1.54, 1.807) is 13.0 Å². The number of likely N-dealkylation sites (N-methyl/N-ethyl adjacent to an activating group) is 1. The van der Waals surface area contributed by atoms with Crippen LogP contribution in [0.5, 0.6) is 11.5 Å². The lowest BCUT2D eigenvalue weighted by Gasteiger charge is -2.35. The molecule has 4 rings (SSSR count). The molecule has 0 fully saturated rings. The maximum atomic E-state index is 14.4. The number of nitrogens with one attached hydrogen (secondary N) is 1. The number of hydrogen-bond donors (Lipinski definition) is 2. The molecule has 0 unspecified atom stereocenters. The number of aliphatic hydroxyl groups is 1. The predicted molar refractivity (Wildman–Crippen MR) is 187 cm³/mol. The second-order valence-electron chi connectivity index (χ2n) is 12.5. The zero-order valence-corrected chi connectivity index (χ0v) is 30.5. The maximum absolute atomic E-state index is 14.4. The summed E-state index contributed by atoms with van der Waals surface area (Å²) in [5.74, 6) is -0.752. The number of benzene rings is 3. The zero-order chi connectivity index (χ0) is 36.6. The second kappa shape index (κ2) is 17.0. The molecule has 50 heavy (non-hydrogen) atoms. The number of ether oxygens (including phenoxy) is 3. The van der Waals surface area contributed by atoms with Crippen molar-refractivity contribution in [3.63, 3.8) is 0 Å². The van der Waals surface area contributed by atoms with Gasteiger partial charge in [-0.25, -0.2) is 21.2 Å². The first-order valence-corrected chi connectivity index (χ1v) is 19.3. The van der Waals surface area contributed by atoms with Crippen LogP contribution in [-0.2, 0) is 24.8 Å². The topological polar surface area (TPSA) is 152 Å². The molecule has 0 bridgehead atoms. The number of nitrogens with zero attached hydrogens (tertiary/aromatic N) is 2. The van der Waals surface area contributed by atoms with E-state index in [0.717, 1.165) is 22.9 Å². The molecule has 0 radical (unpaired) electrons. The summed E-state index contributed by atoms with van der Waals surface area (Å²) in [6, 6.07) is 14.2. The van der Waals surface area contributed by atoms with Crippen LogP contribution in [0.15, 0.2) is 76.5 Å². The van der Waals surface area contributed by atoms with Crippen molar-refractivity contribution in [1.82, 2.24) is 9.21 Å². The Hall–Kier alpha value is -3.76. The molecule has 0 aliphatic carbocycles. The Morgan fingerprint density at radius 2 is 1.68 bits per heavy atom. The van der Waals surface area contributed by atoms with Gasteiger partial charge in [-0.2, -0.15) is 4.31 Å². The Morgan fingerprint density at radius 3 is 2.32 bits per heavy atom. The molecule has 15 heteroatoms. The van der Waals surface area contributed by atoms with Gasteiger partial charge in [0.2, 0.25) is 10.0 Å². The highest BCUT2D eigenvalue weighted by Crippen LogP contribution is 2.30. The summed E-state index contributed by atoms with van der Waals surface area (Å²) in [5, 5.41) is 10.2. The lowest BCUT2D eigenvalue weighted by atomic mass is 10.0. The van der Waals surface area contributed by atoms with Crippen LogP contribution in [0, 0.1) is 11.7 Å². The molecule has 1 amide bonds. The lowest BCUT2D eigenvalue weighted by Crippen LogP contribution is -2.48. The summed E-state index contributed by atoms with van der Waals surface area (Å²) in [6.45, 7) is 5.35. The number of methoxy groups -OCH3 is 1. The van der Waals surface area contributed by atoms with Crippen molar-refractivity contribution in [3.8, 4) is 11.5 Å². The van der Waals surface area contributed by atoms with Gasteiger partial charge in [-0.3, -0.25) is 9.52 Å². The minimum Gasteiger partial charge on any atom is -0.497 e. The van der Waals surface area contributed by atoms with Crippen molar-refractivity contribution in [2.24, 2.45) is 5.92 Å². The molecule has 0 saturated carbocycles. The van der Waals surface area contributed by atoms with E-state index >= 15 is 0 Å². The number of hydrogen-bond acceptors (Lipinski definition) is 9. The summed E-state index contributed by atoms with van der Waals surface area (Å²) in [7, 11) is -5.13. The summed E-state index contributed by atoms with van der Waals surface area (Å²) >= 11 is 0. The molecule has 0 saturated heterocycles. The normalized spacial score (nSPS) is 20.4. The van der Waals surface area contributed by atoms with Gasteiger partial charge in [0, 0.05) is 38.3 Å². The van der Waals surface area contributed by atoms with Gasteiger partial charge in [0.25, 0.3) is 15.9 Å².